The maximum absolute atomic E-state index is 13.0. The molecule has 0 saturated carbocycles. The monoisotopic (exact) mass is 350 g/mol. The van der Waals surface area contributed by atoms with Gasteiger partial charge in [-0.05, 0) is 38.8 Å². The maximum Gasteiger partial charge on any atom is 0.276 e. The van der Waals surface area contributed by atoms with Crippen molar-refractivity contribution in [1.29, 1.82) is 0 Å². The van der Waals surface area contributed by atoms with Crippen molar-refractivity contribution in [2.45, 2.75) is 38.8 Å². The molecule has 26 heavy (non-hydrogen) atoms. The zero-order valence-corrected chi connectivity index (χ0v) is 15.0. The summed E-state index contributed by atoms with van der Waals surface area (Å²) in [4.78, 5) is 19.0. The molecule has 7 nitrogen and oxygen atoms in total. The summed E-state index contributed by atoms with van der Waals surface area (Å²) in [6, 6.07) is 8.15. The molecule has 0 bridgehead atoms. The van der Waals surface area contributed by atoms with Crippen molar-refractivity contribution in [2.75, 3.05) is 6.54 Å². The molecule has 1 saturated heterocycles. The Balaban J connectivity index is 1.71. The van der Waals surface area contributed by atoms with Gasteiger partial charge in [0.15, 0.2) is 5.69 Å². The van der Waals surface area contributed by atoms with Gasteiger partial charge in [-0.2, -0.15) is 0 Å². The zero-order valence-electron chi connectivity index (χ0n) is 15.0. The molecule has 0 aliphatic carbocycles. The highest BCUT2D eigenvalue weighted by atomic mass is 16.2. The van der Waals surface area contributed by atoms with Crippen molar-refractivity contribution in [3.05, 3.63) is 48.0 Å². The first-order valence-corrected chi connectivity index (χ1v) is 8.88. The number of nitrogens with two attached hydrogens (primary N) is 1. The number of amides is 1. The fourth-order valence-electron chi connectivity index (χ4n) is 3.69. The topological polar surface area (TPSA) is 89.9 Å². The van der Waals surface area contributed by atoms with E-state index in [1.165, 1.54) is 0 Å². The first-order valence-electron chi connectivity index (χ1n) is 8.88. The number of aromatic nitrogens is 4. The van der Waals surface area contributed by atoms with Gasteiger partial charge in [0.05, 0.1) is 11.4 Å². The summed E-state index contributed by atoms with van der Waals surface area (Å²) >= 11 is 0. The molecule has 0 unspecified atom stereocenters. The Bertz CT molecular complexity index is 960. The second-order valence-corrected chi connectivity index (χ2v) is 6.94. The van der Waals surface area contributed by atoms with Gasteiger partial charge in [0.25, 0.3) is 5.91 Å². The zero-order chi connectivity index (χ0) is 18.3. The summed E-state index contributed by atoms with van der Waals surface area (Å²) in [5.74, 6) is -0.0740. The van der Waals surface area contributed by atoms with Gasteiger partial charge in [-0.3, -0.25) is 9.78 Å². The molecule has 3 heterocycles. The van der Waals surface area contributed by atoms with Gasteiger partial charge in [0, 0.05) is 41.8 Å². The third kappa shape index (κ3) is 2.74. The molecule has 134 valence electrons. The van der Waals surface area contributed by atoms with E-state index in [4.69, 9.17) is 5.73 Å². The average molecular weight is 350 g/mol. The molecule has 2 aromatic heterocycles. The van der Waals surface area contributed by atoms with E-state index in [0.717, 1.165) is 35.0 Å². The van der Waals surface area contributed by atoms with Crippen LogP contribution in [0.5, 0.6) is 0 Å². The maximum atomic E-state index is 13.0. The number of likely N-dealkylation sites (tertiary alicyclic amines) is 1. The number of fused-ring (bicyclic) bond motifs is 1. The summed E-state index contributed by atoms with van der Waals surface area (Å²) in [7, 11) is 0. The molecule has 4 rings (SSSR count). The molecule has 1 aliphatic heterocycles. The summed E-state index contributed by atoms with van der Waals surface area (Å²) in [5.41, 5.74) is 8.04. The normalized spacial score (nSPS) is 20.5. The molecule has 3 aromatic rings. The lowest BCUT2D eigenvalue weighted by atomic mass is 9.98. The van der Waals surface area contributed by atoms with E-state index in [1.54, 1.807) is 10.9 Å². The van der Waals surface area contributed by atoms with E-state index >= 15 is 0 Å². The van der Waals surface area contributed by atoms with Crippen LogP contribution in [0, 0.1) is 6.92 Å². The van der Waals surface area contributed by atoms with Gasteiger partial charge < -0.3 is 10.6 Å². The number of carbonyl (C=O) groups is 1. The van der Waals surface area contributed by atoms with Crippen molar-refractivity contribution in [3.63, 3.8) is 0 Å². The highest BCUT2D eigenvalue weighted by molar-refractivity contribution is 5.94. The molecular weight excluding hydrogens is 328 g/mol. The number of nitrogens with zero attached hydrogens (tertiary/aromatic N) is 5. The van der Waals surface area contributed by atoms with Crippen molar-refractivity contribution >= 4 is 16.7 Å². The lowest BCUT2D eigenvalue weighted by Gasteiger charge is -2.36. The fourth-order valence-corrected chi connectivity index (χ4v) is 3.69. The van der Waals surface area contributed by atoms with Crippen LogP contribution < -0.4 is 5.73 Å². The Labute approximate surface area is 151 Å². The number of pyridine rings is 1. The van der Waals surface area contributed by atoms with Crippen LogP contribution in [-0.2, 0) is 0 Å². The minimum Gasteiger partial charge on any atom is -0.334 e. The van der Waals surface area contributed by atoms with E-state index in [9.17, 15) is 4.79 Å². The number of hydrogen-bond donors (Lipinski definition) is 1. The number of rotatable bonds is 2. The smallest absolute Gasteiger partial charge is 0.276 e. The molecular formula is C19H22N6O. The van der Waals surface area contributed by atoms with Crippen LogP contribution in [0.25, 0.3) is 16.5 Å². The Kier molecular flexibility index (Phi) is 4.16. The van der Waals surface area contributed by atoms with Crippen LogP contribution in [0.2, 0.25) is 0 Å². The Morgan fingerprint density at radius 3 is 2.96 bits per heavy atom. The molecule has 1 amide bonds. The lowest BCUT2D eigenvalue weighted by molar-refractivity contribution is 0.0612. The molecule has 0 radical (unpaired) electrons. The number of piperidine rings is 1. The van der Waals surface area contributed by atoms with Crippen molar-refractivity contribution in [1.82, 2.24) is 24.9 Å². The van der Waals surface area contributed by atoms with E-state index in [0.29, 0.717) is 12.2 Å². The van der Waals surface area contributed by atoms with Gasteiger partial charge in [0.1, 0.15) is 0 Å². The largest absolute Gasteiger partial charge is 0.334 e. The first-order chi connectivity index (χ1) is 12.6. The summed E-state index contributed by atoms with van der Waals surface area (Å²) < 4.78 is 1.73. The Morgan fingerprint density at radius 1 is 1.31 bits per heavy atom. The van der Waals surface area contributed by atoms with E-state index in [1.807, 2.05) is 49.2 Å². The van der Waals surface area contributed by atoms with Gasteiger partial charge in [-0.1, -0.05) is 17.3 Å². The lowest BCUT2D eigenvalue weighted by Crippen LogP contribution is -2.48. The summed E-state index contributed by atoms with van der Waals surface area (Å²) in [6.45, 7) is 4.58. The van der Waals surface area contributed by atoms with Crippen molar-refractivity contribution in [2.24, 2.45) is 5.73 Å². The van der Waals surface area contributed by atoms with Crippen LogP contribution >= 0.6 is 0 Å². The Morgan fingerprint density at radius 2 is 2.15 bits per heavy atom. The second-order valence-electron chi connectivity index (χ2n) is 6.94. The van der Waals surface area contributed by atoms with Crippen LogP contribution in [0.4, 0.5) is 0 Å². The first kappa shape index (κ1) is 16.7. The van der Waals surface area contributed by atoms with Gasteiger partial charge in [-0.15, -0.1) is 5.10 Å². The van der Waals surface area contributed by atoms with E-state index in [2.05, 4.69) is 15.3 Å². The van der Waals surface area contributed by atoms with Crippen LogP contribution in [0.15, 0.2) is 36.7 Å². The standard InChI is InChI=1S/C19H22N6O/c1-12-10-15(20)7-9-24(12)19(26)18-13(2)25(23-22-18)17-5-3-4-14-11-21-8-6-16(14)17/h3-6,8,11-12,15H,7,9-10,20H2,1-2H3/t12-,15+/m1/s1. The molecule has 2 atom stereocenters. The predicted octanol–water partition coefficient (Wildman–Crippen LogP) is 2.08. The van der Waals surface area contributed by atoms with Crippen LogP contribution in [-0.4, -0.2) is 49.4 Å². The van der Waals surface area contributed by atoms with Gasteiger partial charge in [-0.25, -0.2) is 4.68 Å². The Hall–Kier alpha value is -2.80. The second kappa shape index (κ2) is 6.49. The van der Waals surface area contributed by atoms with E-state index in [-0.39, 0.29) is 18.0 Å². The quantitative estimate of drug-likeness (QED) is 0.764. The highest BCUT2D eigenvalue weighted by Crippen LogP contribution is 2.24. The molecule has 1 aromatic carbocycles. The molecule has 1 aliphatic rings. The van der Waals surface area contributed by atoms with Crippen molar-refractivity contribution in [3.8, 4) is 5.69 Å². The van der Waals surface area contributed by atoms with Crippen LogP contribution in [0.1, 0.15) is 35.9 Å². The minimum atomic E-state index is -0.0740. The molecule has 0 spiro atoms. The SMILES string of the molecule is Cc1c(C(=O)N2CC[C@H](N)C[C@H]2C)nnn1-c1cccc2cnccc12. The minimum absolute atomic E-state index is 0.0740. The van der Waals surface area contributed by atoms with Crippen LogP contribution in [0.3, 0.4) is 0 Å². The van der Waals surface area contributed by atoms with Crippen molar-refractivity contribution < 1.29 is 4.79 Å². The molecule has 1 fully saturated rings. The predicted molar refractivity (Wildman–Crippen MR) is 99.1 cm³/mol. The number of hydrogen-bond acceptors (Lipinski definition) is 5. The molecule has 7 heteroatoms. The molecule has 2 N–H and O–H groups in total. The average Bonchev–Trinajstić information content (AvgIpc) is 3.02. The third-order valence-electron chi connectivity index (χ3n) is 5.16. The summed E-state index contributed by atoms with van der Waals surface area (Å²) in [5, 5.41) is 10.5. The third-order valence-corrected chi connectivity index (χ3v) is 5.16. The fraction of sp³-hybridized carbons (Fsp3) is 0.368. The van der Waals surface area contributed by atoms with Gasteiger partial charge in [0.2, 0.25) is 0 Å². The summed E-state index contributed by atoms with van der Waals surface area (Å²) in [6.07, 6.45) is 5.20. The highest BCUT2D eigenvalue weighted by Gasteiger charge is 2.30. The number of carbonyl (C=O) groups excluding carboxylic acids is 1. The van der Waals surface area contributed by atoms with Gasteiger partial charge >= 0.3 is 0 Å². The van der Waals surface area contributed by atoms with E-state index < -0.39 is 0 Å². The number of benzene rings is 1.